The van der Waals surface area contributed by atoms with Crippen LogP contribution in [0.15, 0.2) is 0 Å². The van der Waals surface area contributed by atoms with Gasteiger partial charge >= 0.3 is 11.9 Å². The van der Waals surface area contributed by atoms with Crippen molar-refractivity contribution in [2.24, 2.45) is 0 Å². The monoisotopic (exact) mass is 199 g/mol. The normalized spacial score (nSPS) is 20.9. The summed E-state index contributed by atoms with van der Waals surface area (Å²) >= 11 is 0. The van der Waals surface area contributed by atoms with Crippen molar-refractivity contribution in [2.45, 2.75) is 51.0 Å². The first-order chi connectivity index (χ1) is 6.53. The second-order valence-electron chi connectivity index (χ2n) is 4.23. The summed E-state index contributed by atoms with van der Waals surface area (Å²) in [5, 5.41) is 11.1. The van der Waals surface area contributed by atoms with E-state index in [4.69, 9.17) is 5.11 Å². The van der Waals surface area contributed by atoms with Crippen LogP contribution in [0.25, 0.3) is 0 Å². The summed E-state index contributed by atoms with van der Waals surface area (Å²) in [6.07, 6.45) is 6.25. The van der Waals surface area contributed by atoms with Gasteiger partial charge in [-0.2, -0.15) is 0 Å². The van der Waals surface area contributed by atoms with Crippen molar-refractivity contribution in [3.63, 3.8) is 0 Å². The van der Waals surface area contributed by atoms with Gasteiger partial charge in [0.15, 0.2) is 0 Å². The topological polar surface area (TPSA) is 66.4 Å². The smallest absolute Gasteiger partial charge is 0.394 e. The second-order valence-corrected chi connectivity index (χ2v) is 4.23. The van der Waals surface area contributed by atoms with E-state index >= 15 is 0 Å². The number of carbonyl (C=O) groups is 2. The lowest BCUT2D eigenvalue weighted by Gasteiger charge is -2.28. The van der Waals surface area contributed by atoms with Gasteiger partial charge in [0.05, 0.1) is 0 Å². The van der Waals surface area contributed by atoms with Gasteiger partial charge in [0, 0.05) is 5.54 Å². The van der Waals surface area contributed by atoms with Gasteiger partial charge < -0.3 is 10.4 Å². The van der Waals surface area contributed by atoms with Crippen molar-refractivity contribution in [2.75, 3.05) is 0 Å². The SMILES string of the molecule is CC1(NC(=O)C(=O)O)CCCCCC1. The third-order valence-electron chi connectivity index (χ3n) is 2.82. The van der Waals surface area contributed by atoms with Crippen LogP contribution in [0.2, 0.25) is 0 Å². The Balaban J connectivity index is 2.54. The number of carboxylic acid groups (broad SMARTS) is 1. The molecular weight excluding hydrogens is 182 g/mol. The van der Waals surface area contributed by atoms with Gasteiger partial charge in [-0.1, -0.05) is 25.7 Å². The number of hydrogen-bond donors (Lipinski definition) is 2. The van der Waals surface area contributed by atoms with E-state index in [0.717, 1.165) is 25.7 Å². The highest BCUT2D eigenvalue weighted by atomic mass is 16.4. The maximum Gasteiger partial charge on any atom is 0.394 e. The van der Waals surface area contributed by atoms with E-state index in [-0.39, 0.29) is 5.54 Å². The predicted molar refractivity (Wildman–Crippen MR) is 51.9 cm³/mol. The van der Waals surface area contributed by atoms with Gasteiger partial charge in [-0.25, -0.2) is 4.79 Å². The molecule has 0 aromatic carbocycles. The Kier molecular flexibility index (Phi) is 3.49. The standard InChI is InChI=1S/C10H17NO3/c1-10(11-8(12)9(13)14)6-4-2-3-5-7-10/h2-7H2,1H3,(H,11,12)(H,13,14). The Morgan fingerprint density at radius 3 is 2.07 bits per heavy atom. The minimum Gasteiger partial charge on any atom is -0.474 e. The van der Waals surface area contributed by atoms with Crippen LogP contribution in [0.4, 0.5) is 0 Å². The predicted octanol–water partition coefficient (Wildman–Crippen LogP) is 1.30. The summed E-state index contributed by atoms with van der Waals surface area (Å²) in [5.41, 5.74) is -0.314. The number of hydrogen-bond acceptors (Lipinski definition) is 2. The number of rotatable bonds is 1. The molecule has 0 heterocycles. The summed E-state index contributed by atoms with van der Waals surface area (Å²) in [5.74, 6) is -2.27. The van der Waals surface area contributed by atoms with Gasteiger partial charge in [0.2, 0.25) is 0 Å². The lowest BCUT2D eigenvalue weighted by Crippen LogP contribution is -2.48. The maximum absolute atomic E-state index is 11.0. The Morgan fingerprint density at radius 2 is 1.64 bits per heavy atom. The van der Waals surface area contributed by atoms with E-state index in [1.807, 2.05) is 6.92 Å². The Bertz CT molecular complexity index is 230. The van der Waals surface area contributed by atoms with Crippen molar-refractivity contribution < 1.29 is 14.7 Å². The number of amides is 1. The third kappa shape index (κ3) is 3.01. The highest BCUT2D eigenvalue weighted by Gasteiger charge is 2.29. The quantitative estimate of drug-likeness (QED) is 0.494. The fourth-order valence-electron chi connectivity index (χ4n) is 1.96. The third-order valence-corrected chi connectivity index (χ3v) is 2.82. The lowest BCUT2D eigenvalue weighted by molar-refractivity contribution is -0.151. The first kappa shape index (κ1) is 11.0. The Hall–Kier alpha value is -1.06. The Labute approximate surface area is 83.7 Å². The molecule has 0 unspecified atom stereocenters. The number of aliphatic carboxylic acids is 1. The van der Waals surface area contributed by atoms with Crippen LogP contribution >= 0.6 is 0 Å². The molecule has 2 N–H and O–H groups in total. The van der Waals surface area contributed by atoms with E-state index < -0.39 is 11.9 Å². The molecule has 1 aliphatic rings. The molecule has 0 bridgehead atoms. The zero-order valence-electron chi connectivity index (χ0n) is 8.51. The molecule has 1 fully saturated rings. The average Bonchev–Trinajstić information content (AvgIpc) is 2.30. The molecule has 80 valence electrons. The molecule has 1 amide bonds. The van der Waals surface area contributed by atoms with E-state index in [1.54, 1.807) is 0 Å². The zero-order chi connectivity index (χ0) is 10.6. The van der Waals surface area contributed by atoms with Gasteiger partial charge in [0.25, 0.3) is 0 Å². The van der Waals surface area contributed by atoms with Crippen molar-refractivity contribution in [1.82, 2.24) is 5.32 Å². The molecule has 0 spiro atoms. The first-order valence-electron chi connectivity index (χ1n) is 5.09. The fourth-order valence-corrected chi connectivity index (χ4v) is 1.96. The van der Waals surface area contributed by atoms with Crippen molar-refractivity contribution in [1.29, 1.82) is 0 Å². The van der Waals surface area contributed by atoms with Gasteiger partial charge in [0.1, 0.15) is 0 Å². The van der Waals surface area contributed by atoms with Gasteiger partial charge in [-0.15, -0.1) is 0 Å². The van der Waals surface area contributed by atoms with Crippen LogP contribution in [0.5, 0.6) is 0 Å². The highest BCUT2D eigenvalue weighted by molar-refractivity contribution is 6.31. The van der Waals surface area contributed by atoms with Gasteiger partial charge in [-0.05, 0) is 19.8 Å². The van der Waals surface area contributed by atoms with Gasteiger partial charge in [-0.3, -0.25) is 4.79 Å². The number of nitrogens with one attached hydrogen (secondary N) is 1. The molecule has 4 nitrogen and oxygen atoms in total. The van der Waals surface area contributed by atoms with E-state index in [2.05, 4.69) is 5.32 Å². The molecule has 1 aliphatic carbocycles. The molecule has 1 rings (SSSR count). The highest BCUT2D eigenvalue weighted by Crippen LogP contribution is 2.26. The summed E-state index contributed by atoms with van der Waals surface area (Å²) in [4.78, 5) is 21.4. The second kappa shape index (κ2) is 4.44. The number of carboxylic acids is 1. The summed E-state index contributed by atoms with van der Waals surface area (Å²) in [6.45, 7) is 1.93. The van der Waals surface area contributed by atoms with Crippen LogP contribution in [0, 0.1) is 0 Å². The molecule has 1 saturated carbocycles. The van der Waals surface area contributed by atoms with E-state index in [9.17, 15) is 9.59 Å². The first-order valence-corrected chi connectivity index (χ1v) is 5.09. The van der Waals surface area contributed by atoms with E-state index in [1.165, 1.54) is 12.8 Å². The molecular formula is C10H17NO3. The minimum atomic E-state index is -1.39. The van der Waals surface area contributed by atoms with Crippen LogP contribution in [0.3, 0.4) is 0 Å². The maximum atomic E-state index is 11.0. The molecule has 4 heteroatoms. The summed E-state index contributed by atoms with van der Waals surface area (Å²) < 4.78 is 0. The molecule has 0 aliphatic heterocycles. The molecule has 0 aromatic rings. The van der Waals surface area contributed by atoms with Crippen molar-refractivity contribution in [3.05, 3.63) is 0 Å². The molecule has 0 radical (unpaired) electrons. The van der Waals surface area contributed by atoms with Crippen molar-refractivity contribution >= 4 is 11.9 Å². The largest absolute Gasteiger partial charge is 0.474 e. The molecule has 0 aromatic heterocycles. The molecule has 0 atom stereocenters. The number of carbonyl (C=O) groups excluding carboxylic acids is 1. The zero-order valence-corrected chi connectivity index (χ0v) is 8.51. The average molecular weight is 199 g/mol. The van der Waals surface area contributed by atoms with Crippen LogP contribution in [0.1, 0.15) is 45.4 Å². The van der Waals surface area contributed by atoms with Crippen LogP contribution in [-0.2, 0) is 9.59 Å². The summed E-state index contributed by atoms with van der Waals surface area (Å²) in [6, 6.07) is 0. The minimum absolute atomic E-state index is 0.314. The lowest BCUT2D eigenvalue weighted by atomic mass is 9.92. The van der Waals surface area contributed by atoms with Crippen LogP contribution < -0.4 is 5.32 Å². The summed E-state index contributed by atoms with van der Waals surface area (Å²) in [7, 11) is 0. The molecule has 0 saturated heterocycles. The molecule has 14 heavy (non-hydrogen) atoms. The fraction of sp³-hybridized carbons (Fsp3) is 0.800. The van der Waals surface area contributed by atoms with E-state index in [0.29, 0.717) is 0 Å². The van der Waals surface area contributed by atoms with Crippen molar-refractivity contribution in [3.8, 4) is 0 Å². The Morgan fingerprint density at radius 1 is 1.14 bits per heavy atom. The van der Waals surface area contributed by atoms with Crippen LogP contribution in [-0.4, -0.2) is 22.5 Å².